The molecule has 0 saturated carbocycles. The van der Waals surface area contributed by atoms with Crippen LogP contribution < -0.4 is 15.4 Å². The second kappa shape index (κ2) is 8.91. The predicted octanol–water partition coefficient (Wildman–Crippen LogP) is 3.47. The molecule has 0 fully saturated rings. The molecule has 26 heavy (non-hydrogen) atoms. The number of hydrogen-bond acceptors (Lipinski definition) is 3. The van der Waals surface area contributed by atoms with Crippen molar-refractivity contribution in [1.82, 2.24) is 10.6 Å². The summed E-state index contributed by atoms with van der Waals surface area (Å²) in [5.41, 5.74) is 2.17. The van der Waals surface area contributed by atoms with Crippen molar-refractivity contribution in [1.29, 1.82) is 0 Å². The van der Waals surface area contributed by atoms with Crippen LogP contribution in [0.3, 0.4) is 0 Å². The van der Waals surface area contributed by atoms with Gasteiger partial charge in [-0.1, -0.05) is 24.3 Å². The summed E-state index contributed by atoms with van der Waals surface area (Å²) in [5, 5.41) is 6.01. The maximum Gasteiger partial charge on any atom is 0.387 e. The van der Waals surface area contributed by atoms with Gasteiger partial charge in [-0.05, 0) is 36.2 Å². The van der Waals surface area contributed by atoms with E-state index < -0.39 is 24.1 Å². The number of ether oxygens (including phenoxy) is 1. The summed E-state index contributed by atoms with van der Waals surface area (Å²) in [7, 11) is 0. The standard InChI is InChI=1S/C18H17F3N2O2.ClH/c19-12-5-6-14(16(9-12)25-18(20)21)17(24)23-10-15-13-4-2-1-3-11(13)7-8-22-15;/h1-6,9,15,18,22H,7-8,10H2,(H,23,24);1H. The number of fused-ring (bicyclic) bond motifs is 1. The van der Waals surface area contributed by atoms with Gasteiger partial charge in [-0.2, -0.15) is 8.78 Å². The molecule has 1 heterocycles. The predicted molar refractivity (Wildman–Crippen MR) is 93.5 cm³/mol. The van der Waals surface area contributed by atoms with Gasteiger partial charge in [-0.15, -0.1) is 12.4 Å². The van der Waals surface area contributed by atoms with Crippen LogP contribution in [0.2, 0.25) is 0 Å². The molecule has 0 aliphatic carbocycles. The van der Waals surface area contributed by atoms with Crippen LogP contribution in [0.5, 0.6) is 5.75 Å². The molecule has 0 bridgehead atoms. The average Bonchev–Trinajstić information content (AvgIpc) is 2.59. The highest BCUT2D eigenvalue weighted by molar-refractivity contribution is 5.96. The van der Waals surface area contributed by atoms with Crippen LogP contribution in [0.1, 0.15) is 27.5 Å². The third-order valence-electron chi connectivity index (χ3n) is 4.09. The van der Waals surface area contributed by atoms with Gasteiger partial charge in [-0.25, -0.2) is 4.39 Å². The highest BCUT2D eigenvalue weighted by atomic mass is 35.5. The minimum absolute atomic E-state index is 0. The topological polar surface area (TPSA) is 50.4 Å². The van der Waals surface area contributed by atoms with E-state index in [1.54, 1.807) is 0 Å². The zero-order valence-electron chi connectivity index (χ0n) is 13.7. The molecule has 4 nitrogen and oxygen atoms in total. The number of carbonyl (C=O) groups excluding carboxylic acids is 1. The minimum Gasteiger partial charge on any atom is -0.434 e. The first kappa shape index (κ1) is 20.1. The number of carbonyl (C=O) groups is 1. The van der Waals surface area contributed by atoms with E-state index in [4.69, 9.17) is 0 Å². The fourth-order valence-electron chi connectivity index (χ4n) is 2.94. The third kappa shape index (κ3) is 4.68. The molecule has 1 aliphatic heterocycles. The molecular formula is C18H18ClF3N2O2. The van der Waals surface area contributed by atoms with Gasteiger partial charge in [0, 0.05) is 18.7 Å². The second-order valence-electron chi connectivity index (χ2n) is 5.68. The van der Waals surface area contributed by atoms with E-state index >= 15 is 0 Å². The lowest BCUT2D eigenvalue weighted by molar-refractivity contribution is -0.0503. The van der Waals surface area contributed by atoms with Crippen molar-refractivity contribution in [3.05, 3.63) is 65.0 Å². The van der Waals surface area contributed by atoms with E-state index in [-0.39, 0.29) is 30.6 Å². The first-order valence-electron chi connectivity index (χ1n) is 7.88. The molecule has 2 N–H and O–H groups in total. The number of nitrogens with one attached hydrogen (secondary N) is 2. The largest absolute Gasteiger partial charge is 0.434 e. The summed E-state index contributed by atoms with van der Waals surface area (Å²) in [6.45, 7) is -2.07. The maximum absolute atomic E-state index is 13.2. The monoisotopic (exact) mass is 386 g/mol. The smallest absolute Gasteiger partial charge is 0.387 e. The van der Waals surface area contributed by atoms with Crippen LogP contribution in [0.25, 0.3) is 0 Å². The number of rotatable bonds is 5. The van der Waals surface area contributed by atoms with Crippen molar-refractivity contribution >= 4 is 18.3 Å². The second-order valence-corrected chi connectivity index (χ2v) is 5.68. The summed E-state index contributed by atoms with van der Waals surface area (Å²) in [5.74, 6) is -1.83. The Bertz CT molecular complexity index is 774. The lowest BCUT2D eigenvalue weighted by Crippen LogP contribution is -2.39. The van der Waals surface area contributed by atoms with Crippen LogP contribution in [0.4, 0.5) is 13.2 Å². The number of alkyl halides is 2. The first-order valence-corrected chi connectivity index (χ1v) is 7.88. The molecule has 0 spiro atoms. The Morgan fingerprint density at radius 1 is 1.27 bits per heavy atom. The van der Waals surface area contributed by atoms with E-state index in [1.165, 1.54) is 5.56 Å². The number of hydrogen-bond donors (Lipinski definition) is 2. The van der Waals surface area contributed by atoms with Gasteiger partial charge in [0.15, 0.2) is 0 Å². The molecule has 0 saturated heterocycles. The van der Waals surface area contributed by atoms with Gasteiger partial charge >= 0.3 is 6.61 Å². The Kier molecular flexibility index (Phi) is 6.88. The Balaban J connectivity index is 0.00000243. The first-order chi connectivity index (χ1) is 12.0. The third-order valence-corrected chi connectivity index (χ3v) is 4.09. The molecule has 1 amide bonds. The fourth-order valence-corrected chi connectivity index (χ4v) is 2.94. The van der Waals surface area contributed by atoms with Crippen LogP contribution in [-0.2, 0) is 6.42 Å². The van der Waals surface area contributed by atoms with E-state index in [0.717, 1.165) is 36.7 Å². The van der Waals surface area contributed by atoms with Crippen LogP contribution in [0, 0.1) is 5.82 Å². The average molecular weight is 387 g/mol. The van der Waals surface area contributed by atoms with Crippen molar-refractivity contribution < 1.29 is 22.7 Å². The van der Waals surface area contributed by atoms with Crippen LogP contribution in [-0.4, -0.2) is 25.6 Å². The Labute approximate surface area is 155 Å². The number of halogens is 4. The van der Waals surface area contributed by atoms with Crippen molar-refractivity contribution in [3.8, 4) is 5.75 Å². The zero-order valence-corrected chi connectivity index (χ0v) is 14.5. The molecule has 0 aromatic heterocycles. The van der Waals surface area contributed by atoms with Gasteiger partial charge < -0.3 is 15.4 Å². The molecule has 8 heteroatoms. The lowest BCUT2D eigenvalue weighted by atomic mass is 9.94. The number of amides is 1. The minimum atomic E-state index is -3.14. The van der Waals surface area contributed by atoms with Crippen molar-refractivity contribution in [3.63, 3.8) is 0 Å². The molecular weight excluding hydrogens is 369 g/mol. The molecule has 2 aromatic carbocycles. The Hall–Kier alpha value is -2.25. The molecule has 3 rings (SSSR count). The van der Waals surface area contributed by atoms with Crippen LogP contribution in [0.15, 0.2) is 42.5 Å². The van der Waals surface area contributed by atoms with Gasteiger partial charge in [0.25, 0.3) is 5.91 Å². The van der Waals surface area contributed by atoms with E-state index in [2.05, 4.69) is 15.4 Å². The summed E-state index contributed by atoms with van der Waals surface area (Å²) in [6, 6.07) is 10.8. The van der Waals surface area contributed by atoms with Gasteiger partial charge in [0.2, 0.25) is 0 Å². The summed E-state index contributed by atoms with van der Waals surface area (Å²) < 4.78 is 42.4. The maximum atomic E-state index is 13.2. The van der Waals surface area contributed by atoms with E-state index in [1.807, 2.05) is 24.3 Å². The fraction of sp³-hybridized carbons (Fsp3) is 0.278. The molecule has 2 aromatic rings. The number of benzene rings is 2. The van der Waals surface area contributed by atoms with E-state index in [9.17, 15) is 18.0 Å². The Morgan fingerprint density at radius 2 is 2.04 bits per heavy atom. The highest BCUT2D eigenvalue weighted by Gasteiger charge is 2.21. The van der Waals surface area contributed by atoms with Gasteiger partial charge in [-0.3, -0.25) is 4.79 Å². The van der Waals surface area contributed by atoms with Crippen molar-refractivity contribution in [2.75, 3.05) is 13.1 Å². The van der Waals surface area contributed by atoms with Crippen LogP contribution >= 0.6 is 12.4 Å². The normalized spacial score (nSPS) is 15.8. The summed E-state index contributed by atoms with van der Waals surface area (Å²) >= 11 is 0. The zero-order chi connectivity index (χ0) is 17.8. The molecule has 1 unspecified atom stereocenters. The van der Waals surface area contributed by atoms with E-state index in [0.29, 0.717) is 0 Å². The van der Waals surface area contributed by atoms with Crippen molar-refractivity contribution in [2.45, 2.75) is 19.1 Å². The lowest BCUT2D eigenvalue weighted by Gasteiger charge is -2.27. The SMILES string of the molecule is Cl.O=C(NCC1NCCc2ccccc21)c1ccc(F)cc1OC(F)F. The van der Waals surface area contributed by atoms with Gasteiger partial charge in [0.1, 0.15) is 11.6 Å². The quantitative estimate of drug-likeness (QED) is 0.827. The molecule has 1 atom stereocenters. The summed E-state index contributed by atoms with van der Waals surface area (Å²) in [6.07, 6.45) is 0.908. The highest BCUT2D eigenvalue weighted by Crippen LogP contribution is 2.24. The molecule has 140 valence electrons. The van der Waals surface area contributed by atoms with Crippen molar-refractivity contribution in [2.24, 2.45) is 0 Å². The van der Waals surface area contributed by atoms with Gasteiger partial charge in [0.05, 0.1) is 5.56 Å². The molecule has 1 aliphatic rings. The Morgan fingerprint density at radius 3 is 2.81 bits per heavy atom. The summed E-state index contributed by atoms with van der Waals surface area (Å²) in [4.78, 5) is 12.3. The molecule has 0 radical (unpaired) electrons.